The zero-order valence-electron chi connectivity index (χ0n) is 10.5. The average Bonchev–Trinajstić information content (AvgIpc) is 2.82. The first-order valence-corrected chi connectivity index (χ1v) is 7.02. The van der Waals surface area contributed by atoms with Crippen LogP contribution in [0.1, 0.15) is 16.1 Å². The predicted octanol–water partition coefficient (Wildman–Crippen LogP) is 4.64. The van der Waals surface area contributed by atoms with Crippen LogP contribution in [0.4, 0.5) is 0 Å². The van der Waals surface area contributed by atoms with Gasteiger partial charge in [0, 0.05) is 22.0 Å². The Morgan fingerprint density at radius 1 is 1.22 bits per heavy atom. The normalized spacial score (nSPS) is 11.3. The van der Waals surface area contributed by atoms with Crippen molar-refractivity contribution >= 4 is 28.6 Å². The van der Waals surface area contributed by atoms with Crippen LogP contribution in [0.2, 0.25) is 5.02 Å². The van der Waals surface area contributed by atoms with Gasteiger partial charge in [0.15, 0.2) is 5.65 Å². The van der Waals surface area contributed by atoms with Gasteiger partial charge in [0.2, 0.25) is 0 Å². The summed E-state index contributed by atoms with van der Waals surface area (Å²) < 4.78 is 2.09. The van der Waals surface area contributed by atoms with Crippen molar-refractivity contribution in [1.82, 2.24) is 9.38 Å². The highest BCUT2D eigenvalue weighted by atomic mass is 35.5. The predicted molar refractivity (Wildman–Crippen MR) is 77.7 cm³/mol. The van der Waals surface area contributed by atoms with Gasteiger partial charge < -0.3 is 0 Å². The third kappa shape index (κ3) is 1.74. The van der Waals surface area contributed by atoms with E-state index in [1.165, 1.54) is 10.4 Å². The average molecular weight is 277 g/mol. The molecule has 2 nitrogen and oxygen atoms in total. The summed E-state index contributed by atoms with van der Waals surface area (Å²) >= 11 is 8.01. The van der Waals surface area contributed by atoms with Crippen LogP contribution in [0.25, 0.3) is 16.9 Å². The van der Waals surface area contributed by atoms with E-state index in [2.05, 4.69) is 34.0 Å². The summed E-state index contributed by atoms with van der Waals surface area (Å²) in [6, 6.07) is 4.14. The van der Waals surface area contributed by atoms with E-state index in [0.717, 1.165) is 22.6 Å². The largest absolute Gasteiger partial charge is 0.298 e. The molecule has 3 aromatic heterocycles. The van der Waals surface area contributed by atoms with Crippen molar-refractivity contribution < 1.29 is 0 Å². The Morgan fingerprint density at radius 2 is 2.00 bits per heavy atom. The molecule has 92 valence electrons. The molecule has 0 saturated carbocycles. The van der Waals surface area contributed by atoms with E-state index in [9.17, 15) is 0 Å². The fraction of sp³-hybridized carbons (Fsp3) is 0.214. The topological polar surface area (TPSA) is 17.3 Å². The van der Waals surface area contributed by atoms with Crippen molar-refractivity contribution in [1.29, 1.82) is 0 Å². The molecule has 0 spiro atoms. The number of halogens is 1. The molecular weight excluding hydrogens is 264 g/mol. The monoisotopic (exact) mass is 276 g/mol. The van der Waals surface area contributed by atoms with Crippen molar-refractivity contribution in [2.75, 3.05) is 0 Å². The van der Waals surface area contributed by atoms with Gasteiger partial charge in [0.25, 0.3) is 0 Å². The van der Waals surface area contributed by atoms with Gasteiger partial charge in [-0.3, -0.25) is 4.40 Å². The molecule has 0 atom stereocenters. The van der Waals surface area contributed by atoms with Gasteiger partial charge in [0.1, 0.15) is 0 Å². The summed E-state index contributed by atoms with van der Waals surface area (Å²) in [6.45, 7) is 6.19. The minimum atomic E-state index is 0.705. The smallest absolute Gasteiger partial charge is 0.156 e. The van der Waals surface area contributed by atoms with Gasteiger partial charge in [-0.05, 0) is 38.5 Å². The number of aryl methyl sites for hydroxylation is 3. The molecule has 0 radical (unpaired) electrons. The summed E-state index contributed by atoms with van der Waals surface area (Å²) in [5, 5.41) is 2.87. The maximum absolute atomic E-state index is 6.26. The molecule has 0 bridgehead atoms. The Kier molecular flexibility index (Phi) is 2.68. The Balaban J connectivity index is 2.38. The molecule has 0 unspecified atom stereocenters. The Hall–Kier alpha value is -1.32. The molecule has 18 heavy (non-hydrogen) atoms. The third-order valence-electron chi connectivity index (χ3n) is 2.99. The molecule has 0 saturated heterocycles. The second-order valence-electron chi connectivity index (χ2n) is 4.55. The lowest BCUT2D eigenvalue weighted by Gasteiger charge is -2.03. The highest BCUT2D eigenvalue weighted by molar-refractivity contribution is 7.10. The molecule has 3 heterocycles. The molecule has 0 fully saturated rings. The van der Waals surface area contributed by atoms with Crippen molar-refractivity contribution in [2.45, 2.75) is 20.8 Å². The number of thiophene rings is 1. The van der Waals surface area contributed by atoms with E-state index < -0.39 is 0 Å². The van der Waals surface area contributed by atoms with Gasteiger partial charge in [-0.2, -0.15) is 0 Å². The molecular formula is C14H13ClN2S. The molecule has 0 aromatic carbocycles. The zero-order chi connectivity index (χ0) is 12.9. The van der Waals surface area contributed by atoms with Crippen LogP contribution >= 0.6 is 22.9 Å². The van der Waals surface area contributed by atoms with Crippen LogP contribution in [-0.4, -0.2) is 9.38 Å². The highest BCUT2D eigenvalue weighted by Crippen LogP contribution is 2.31. The zero-order valence-corrected chi connectivity index (χ0v) is 12.1. The lowest BCUT2D eigenvalue weighted by atomic mass is 10.2. The van der Waals surface area contributed by atoms with E-state index in [-0.39, 0.29) is 0 Å². The maximum atomic E-state index is 6.26. The number of fused-ring (bicyclic) bond motifs is 1. The van der Waals surface area contributed by atoms with E-state index >= 15 is 0 Å². The van der Waals surface area contributed by atoms with E-state index in [4.69, 9.17) is 11.6 Å². The lowest BCUT2D eigenvalue weighted by molar-refractivity contribution is 1.16. The van der Waals surface area contributed by atoms with Crippen molar-refractivity contribution in [3.63, 3.8) is 0 Å². The fourth-order valence-corrected chi connectivity index (χ4v) is 3.25. The number of rotatable bonds is 1. The molecule has 0 aliphatic heterocycles. The van der Waals surface area contributed by atoms with Crippen LogP contribution in [-0.2, 0) is 0 Å². The van der Waals surface area contributed by atoms with Gasteiger partial charge in [-0.15, -0.1) is 11.3 Å². The number of nitrogens with zero attached hydrogens (tertiary/aromatic N) is 2. The standard InChI is InChI=1S/C14H13ClN2S/c1-8-4-12(15)14-16-10(3)13(17(14)6-8)11-5-9(2)18-7-11/h4-7H,1-3H3. The van der Waals surface area contributed by atoms with Crippen LogP contribution in [0.3, 0.4) is 0 Å². The minimum Gasteiger partial charge on any atom is -0.298 e. The summed E-state index contributed by atoms with van der Waals surface area (Å²) in [6.07, 6.45) is 2.09. The molecule has 0 N–H and O–H groups in total. The van der Waals surface area contributed by atoms with Crippen LogP contribution in [0.5, 0.6) is 0 Å². The van der Waals surface area contributed by atoms with Gasteiger partial charge in [0.05, 0.1) is 16.4 Å². The Labute approximate surface area is 115 Å². The summed E-state index contributed by atoms with van der Waals surface area (Å²) in [7, 11) is 0. The first-order chi connectivity index (χ1) is 8.56. The first-order valence-electron chi connectivity index (χ1n) is 5.76. The van der Waals surface area contributed by atoms with Gasteiger partial charge in [-0.25, -0.2) is 4.98 Å². The molecule has 3 aromatic rings. The van der Waals surface area contributed by atoms with E-state index in [0.29, 0.717) is 5.02 Å². The molecule has 0 aliphatic rings. The SMILES string of the molecule is Cc1cc(Cl)c2nc(C)c(-c3csc(C)c3)n2c1. The summed E-state index contributed by atoms with van der Waals surface area (Å²) in [5.74, 6) is 0. The number of hydrogen-bond acceptors (Lipinski definition) is 2. The number of imidazole rings is 1. The summed E-state index contributed by atoms with van der Waals surface area (Å²) in [4.78, 5) is 5.88. The highest BCUT2D eigenvalue weighted by Gasteiger charge is 2.14. The molecule has 0 aliphatic carbocycles. The summed E-state index contributed by atoms with van der Waals surface area (Å²) in [5.41, 5.74) is 5.33. The molecule has 4 heteroatoms. The first kappa shape index (κ1) is 11.8. The molecule has 0 amide bonds. The van der Waals surface area contributed by atoms with Crippen molar-refractivity contribution in [3.05, 3.63) is 44.9 Å². The second kappa shape index (κ2) is 4.11. The third-order valence-corrected chi connectivity index (χ3v) is 4.13. The van der Waals surface area contributed by atoms with Crippen LogP contribution in [0, 0.1) is 20.8 Å². The minimum absolute atomic E-state index is 0.705. The number of pyridine rings is 1. The van der Waals surface area contributed by atoms with E-state index in [1.807, 2.05) is 19.9 Å². The lowest BCUT2D eigenvalue weighted by Crippen LogP contribution is -1.90. The van der Waals surface area contributed by atoms with Gasteiger partial charge >= 0.3 is 0 Å². The second-order valence-corrected chi connectivity index (χ2v) is 6.07. The van der Waals surface area contributed by atoms with Crippen LogP contribution < -0.4 is 0 Å². The van der Waals surface area contributed by atoms with Gasteiger partial charge in [-0.1, -0.05) is 11.6 Å². The quantitative estimate of drug-likeness (QED) is 0.633. The van der Waals surface area contributed by atoms with E-state index in [1.54, 1.807) is 11.3 Å². The van der Waals surface area contributed by atoms with Crippen LogP contribution in [0.15, 0.2) is 23.7 Å². The number of aromatic nitrogens is 2. The molecule has 3 rings (SSSR count). The fourth-order valence-electron chi connectivity index (χ4n) is 2.26. The van der Waals surface area contributed by atoms with Crippen molar-refractivity contribution in [2.24, 2.45) is 0 Å². The van der Waals surface area contributed by atoms with Crippen molar-refractivity contribution in [3.8, 4) is 11.3 Å². The number of hydrogen-bond donors (Lipinski definition) is 0. The Morgan fingerprint density at radius 3 is 2.67 bits per heavy atom. The Bertz CT molecular complexity index is 740. The maximum Gasteiger partial charge on any atom is 0.156 e.